The van der Waals surface area contributed by atoms with Crippen LogP contribution in [0.1, 0.15) is 61.0 Å². The first-order chi connectivity index (χ1) is 23.7. The standard InChI is InChI=1S/C39H46Cl2N4O4/c1-23-27(5-4-6-36(23)48-3)21-45(31-11-12-31)39(47)37-32(17-29-18-42-19-35(37)43-29)26-7-9-30(10-8-26)44-14-13-25(20-44)22-49-38-33(40)15-28(24(2)46)16-34(38)41/h4-10,15-16,24-25,29,31,35,42-43,46H,11-14,17-22H2,1-3H3/t24-,25+,29+,35+/m0/s1. The van der Waals surface area contributed by atoms with Crippen molar-refractivity contribution in [2.75, 3.05) is 44.8 Å². The van der Waals surface area contributed by atoms with E-state index in [0.29, 0.717) is 46.5 Å². The van der Waals surface area contributed by atoms with Crippen LogP contribution in [0.2, 0.25) is 10.0 Å². The minimum absolute atomic E-state index is 0.0214. The smallest absolute Gasteiger partial charge is 0.252 e. The van der Waals surface area contributed by atoms with Crippen LogP contribution in [0.25, 0.3) is 5.57 Å². The maximum atomic E-state index is 14.6. The number of benzene rings is 3. The number of rotatable bonds is 11. The summed E-state index contributed by atoms with van der Waals surface area (Å²) in [6, 6.07) is 18.9. The molecule has 4 aliphatic rings. The summed E-state index contributed by atoms with van der Waals surface area (Å²) in [4.78, 5) is 19.1. The molecule has 7 rings (SSSR count). The number of amides is 1. The fraction of sp³-hybridized carbons (Fsp3) is 0.462. The number of anilines is 1. The molecule has 1 saturated carbocycles. The van der Waals surface area contributed by atoms with Crippen molar-refractivity contribution in [3.05, 3.63) is 92.5 Å². The van der Waals surface area contributed by atoms with E-state index in [1.54, 1.807) is 26.2 Å². The molecule has 260 valence electrons. The molecule has 0 radical (unpaired) electrons. The van der Waals surface area contributed by atoms with Crippen LogP contribution in [0.4, 0.5) is 5.69 Å². The molecule has 4 atom stereocenters. The largest absolute Gasteiger partial charge is 0.496 e. The third kappa shape index (κ3) is 7.31. The molecule has 0 aromatic heterocycles. The highest BCUT2D eigenvalue weighted by atomic mass is 35.5. The lowest BCUT2D eigenvalue weighted by molar-refractivity contribution is -0.128. The number of nitrogens with zero attached hydrogens (tertiary/aromatic N) is 2. The highest BCUT2D eigenvalue weighted by Gasteiger charge is 2.41. The number of fused-ring (bicyclic) bond motifs is 2. The number of ether oxygens (including phenoxy) is 2. The maximum absolute atomic E-state index is 14.6. The lowest BCUT2D eigenvalue weighted by atomic mass is 9.83. The lowest BCUT2D eigenvalue weighted by Crippen LogP contribution is -2.60. The van der Waals surface area contributed by atoms with Crippen LogP contribution in [-0.4, -0.2) is 73.9 Å². The highest BCUT2D eigenvalue weighted by Crippen LogP contribution is 2.39. The summed E-state index contributed by atoms with van der Waals surface area (Å²) in [5.74, 6) is 1.79. The molecule has 49 heavy (non-hydrogen) atoms. The first-order valence-electron chi connectivity index (χ1n) is 17.5. The van der Waals surface area contributed by atoms with E-state index < -0.39 is 6.10 Å². The third-order valence-electron chi connectivity index (χ3n) is 10.6. The number of halogens is 2. The molecule has 2 bridgehead atoms. The Bertz CT molecular complexity index is 1700. The Morgan fingerprint density at radius 1 is 1.08 bits per heavy atom. The topological polar surface area (TPSA) is 86.3 Å². The number of hydrogen-bond donors (Lipinski definition) is 3. The SMILES string of the molecule is COc1cccc(CN(C(=O)C2=C(c3ccc(N4CC[C@@H](COc5c(Cl)cc([C@H](C)O)cc5Cl)C4)cc3)C[C@@H]3CNC[C@H]2N3)C2CC2)c1C. The van der Waals surface area contributed by atoms with Crippen molar-refractivity contribution in [2.24, 2.45) is 5.92 Å². The van der Waals surface area contributed by atoms with Gasteiger partial charge in [-0.2, -0.15) is 0 Å². The number of aliphatic hydroxyl groups excluding tert-OH is 1. The molecule has 3 heterocycles. The molecule has 10 heteroatoms. The van der Waals surface area contributed by atoms with E-state index >= 15 is 0 Å². The zero-order valence-electron chi connectivity index (χ0n) is 28.5. The monoisotopic (exact) mass is 704 g/mol. The average molecular weight is 706 g/mol. The first-order valence-corrected chi connectivity index (χ1v) is 18.2. The molecular weight excluding hydrogens is 659 g/mol. The Morgan fingerprint density at radius 3 is 2.53 bits per heavy atom. The summed E-state index contributed by atoms with van der Waals surface area (Å²) in [7, 11) is 1.70. The van der Waals surface area contributed by atoms with Gasteiger partial charge < -0.3 is 35.0 Å². The van der Waals surface area contributed by atoms with Gasteiger partial charge in [-0.1, -0.05) is 47.5 Å². The van der Waals surface area contributed by atoms with Gasteiger partial charge in [0.15, 0.2) is 5.75 Å². The van der Waals surface area contributed by atoms with Crippen molar-refractivity contribution in [3.63, 3.8) is 0 Å². The van der Waals surface area contributed by atoms with Crippen LogP contribution in [0.5, 0.6) is 11.5 Å². The summed E-state index contributed by atoms with van der Waals surface area (Å²) < 4.78 is 11.7. The number of aliphatic hydroxyl groups is 1. The van der Waals surface area contributed by atoms with Gasteiger partial charge in [-0.25, -0.2) is 0 Å². The molecule has 3 fully saturated rings. The van der Waals surface area contributed by atoms with Gasteiger partial charge in [0.05, 0.1) is 35.9 Å². The zero-order chi connectivity index (χ0) is 34.2. The minimum atomic E-state index is -0.653. The predicted octanol–water partition coefficient (Wildman–Crippen LogP) is 6.55. The van der Waals surface area contributed by atoms with Crippen LogP contribution >= 0.6 is 23.2 Å². The molecule has 3 aliphatic heterocycles. The molecule has 0 spiro atoms. The van der Waals surface area contributed by atoms with Gasteiger partial charge in [-0.3, -0.25) is 4.79 Å². The van der Waals surface area contributed by atoms with Crippen LogP contribution < -0.4 is 25.0 Å². The number of carbonyl (C=O) groups is 1. The van der Waals surface area contributed by atoms with Gasteiger partial charge in [-0.05, 0) is 97.7 Å². The van der Waals surface area contributed by atoms with Crippen LogP contribution in [0.15, 0.2) is 60.2 Å². The normalized spacial score (nSPS) is 22.7. The third-order valence-corrected chi connectivity index (χ3v) is 11.1. The number of carbonyl (C=O) groups excluding carboxylic acids is 1. The molecule has 0 unspecified atom stereocenters. The second-order valence-corrected chi connectivity index (χ2v) is 14.8. The summed E-state index contributed by atoms with van der Waals surface area (Å²) >= 11 is 12.9. The Balaban J connectivity index is 1.08. The molecule has 1 amide bonds. The van der Waals surface area contributed by atoms with Crippen molar-refractivity contribution < 1.29 is 19.4 Å². The van der Waals surface area contributed by atoms with Gasteiger partial charge >= 0.3 is 0 Å². The van der Waals surface area contributed by atoms with E-state index in [2.05, 4.69) is 57.7 Å². The van der Waals surface area contributed by atoms with Crippen LogP contribution in [-0.2, 0) is 11.3 Å². The van der Waals surface area contributed by atoms with E-state index in [4.69, 9.17) is 32.7 Å². The molecule has 3 N–H and O–H groups in total. The Labute approximate surface area is 299 Å². The molecular formula is C39H46Cl2N4O4. The van der Waals surface area contributed by atoms with Crippen molar-refractivity contribution in [1.82, 2.24) is 15.5 Å². The number of nitrogens with one attached hydrogen (secondary N) is 2. The van der Waals surface area contributed by atoms with Crippen molar-refractivity contribution in [2.45, 2.75) is 70.3 Å². The molecule has 2 saturated heterocycles. The number of piperazine rings is 1. The van der Waals surface area contributed by atoms with Gasteiger partial charge in [0.25, 0.3) is 5.91 Å². The lowest BCUT2D eigenvalue weighted by Gasteiger charge is -2.41. The molecule has 3 aromatic rings. The van der Waals surface area contributed by atoms with Crippen molar-refractivity contribution in [1.29, 1.82) is 0 Å². The van der Waals surface area contributed by atoms with Crippen molar-refractivity contribution in [3.8, 4) is 11.5 Å². The fourth-order valence-electron chi connectivity index (χ4n) is 7.62. The van der Waals surface area contributed by atoms with Gasteiger partial charge in [0.1, 0.15) is 5.75 Å². The van der Waals surface area contributed by atoms with Crippen molar-refractivity contribution >= 4 is 40.4 Å². The van der Waals surface area contributed by atoms with E-state index in [1.165, 1.54) is 11.3 Å². The fourth-order valence-corrected chi connectivity index (χ4v) is 8.23. The summed E-state index contributed by atoms with van der Waals surface area (Å²) in [6.45, 7) is 8.29. The molecule has 1 aliphatic carbocycles. The summed E-state index contributed by atoms with van der Waals surface area (Å²) in [5.41, 5.74) is 7.25. The summed E-state index contributed by atoms with van der Waals surface area (Å²) in [5, 5.41) is 18.0. The maximum Gasteiger partial charge on any atom is 0.252 e. The predicted molar refractivity (Wildman–Crippen MR) is 196 cm³/mol. The summed E-state index contributed by atoms with van der Waals surface area (Å²) in [6.07, 6.45) is 3.25. The Kier molecular flexibility index (Phi) is 10.1. The van der Waals surface area contributed by atoms with E-state index in [9.17, 15) is 9.90 Å². The first kappa shape index (κ1) is 34.2. The number of hydrogen-bond acceptors (Lipinski definition) is 7. The minimum Gasteiger partial charge on any atom is -0.496 e. The second kappa shape index (κ2) is 14.5. The number of methoxy groups -OCH3 is 1. The zero-order valence-corrected chi connectivity index (χ0v) is 30.0. The van der Waals surface area contributed by atoms with E-state index in [0.717, 1.165) is 79.9 Å². The van der Waals surface area contributed by atoms with Crippen LogP contribution in [0.3, 0.4) is 0 Å². The Morgan fingerprint density at radius 2 is 1.84 bits per heavy atom. The molecule has 3 aromatic carbocycles. The van der Waals surface area contributed by atoms with Gasteiger partial charge in [0, 0.05) is 62.0 Å². The van der Waals surface area contributed by atoms with Crippen LogP contribution in [0, 0.1) is 12.8 Å². The van der Waals surface area contributed by atoms with E-state index in [1.807, 2.05) is 12.1 Å². The quantitative estimate of drug-likeness (QED) is 0.209. The van der Waals surface area contributed by atoms with Gasteiger partial charge in [-0.15, -0.1) is 0 Å². The Hall–Kier alpha value is -3.27. The van der Waals surface area contributed by atoms with E-state index in [-0.39, 0.29) is 18.0 Å². The molecule has 8 nitrogen and oxygen atoms in total. The highest BCUT2D eigenvalue weighted by molar-refractivity contribution is 6.37. The average Bonchev–Trinajstić information content (AvgIpc) is 3.83. The van der Waals surface area contributed by atoms with Gasteiger partial charge in [0.2, 0.25) is 0 Å². The second-order valence-electron chi connectivity index (χ2n) is 14.0.